The van der Waals surface area contributed by atoms with Gasteiger partial charge < -0.3 is 5.32 Å². The van der Waals surface area contributed by atoms with Gasteiger partial charge >= 0.3 is 0 Å². The highest BCUT2D eigenvalue weighted by molar-refractivity contribution is 7.17. The lowest BCUT2D eigenvalue weighted by atomic mass is 9.86. The van der Waals surface area contributed by atoms with Gasteiger partial charge in [0.05, 0.1) is 0 Å². The van der Waals surface area contributed by atoms with Gasteiger partial charge in [-0.15, -0.1) is 11.3 Å². The molecule has 2 aromatic rings. The molecule has 2 heterocycles. The third-order valence-electron chi connectivity index (χ3n) is 3.89. The minimum atomic E-state index is 0.660. The van der Waals surface area contributed by atoms with Gasteiger partial charge in [-0.25, -0.2) is 0 Å². The molecule has 0 radical (unpaired) electrons. The molecule has 0 aliphatic carbocycles. The van der Waals surface area contributed by atoms with Crippen LogP contribution in [0.3, 0.4) is 0 Å². The van der Waals surface area contributed by atoms with Gasteiger partial charge in [-0.3, -0.25) is 0 Å². The smallest absolute Gasteiger partial charge is 0.0345 e. The molecular formula is C15H19NS. The summed E-state index contributed by atoms with van der Waals surface area (Å²) in [6.45, 7) is 5.67. The molecular weight excluding hydrogens is 226 g/mol. The van der Waals surface area contributed by atoms with Gasteiger partial charge in [-0.05, 0) is 73.2 Å². The number of rotatable bonds is 1. The normalized spacial score (nSPS) is 25.3. The molecule has 1 N–H and O–H groups in total. The van der Waals surface area contributed by atoms with Gasteiger partial charge in [0.15, 0.2) is 0 Å². The summed E-state index contributed by atoms with van der Waals surface area (Å²) in [7, 11) is 0. The number of aryl methyl sites for hydroxylation is 1. The summed E-state index contributed by atoms with van der Waals surface area (Å²) in [5, 5.41) is 7.25. The van der Waals surface area contributed by atoms with Crippen molar-refractivity contribution in [2.45, 2.75) is 38.6 Å². The summed E-state index contributed by atoms with van der Waals surface area (Å²) >= 11 is 1.86. The first-order chi connectivity index (χ1) is 8.24. The lowest BCUT2D eigenvalue weighted by molar-refractivity contribution is 0.381. The third-order valence-corrected chi connectivity index (χ3v) is 4.97. The van der Waals surface area contributed by atoms with Crippen LogP contribution in [0.15, 0.2) is 23.6 Å². The zero-order valence-electron chi connectivity index (χ0n) is 10.5. The number of hydrogen-bond donors (Lipinski definition) is 1. The highest BCUT2D eigenvalue weighted by Gasteiger charge is 2.20. The fourth-order valence-corrected chi connectivity index (χ4v) is 3.79. The average molecular weight is 245 g/mol. The predicted molar refractivity (Wildman–Crippen MR) is 76.0 cm³/mol. The van der Waals surface area contributed by atoms with E-state index >= 15 is 0 Å². The Labute approximate surface area is 107 Å². The molecule has 1 aliphatic rings. The minimum absolute atomic E-state index is 0.660. The first-order valence-corrected chi connectivity index (χ1v) is 7.33. The summed E-state index contributed by atoms with van der Waals surface area (Å²) in [5.74, 6) is 0.745. The van der Waals surface area contributed by atoms with Crippen molar-refractivity contribution < 1.29 is 0 Å². The number of piperidine rings is 1. The Hall–Kier alpha value is -0.860. The summed E-state index contributed by atoms with van der Waals surface area (Å²) in [5.41, 5.74) is 2.96. The third kappa shape index (κ3) is 2.12. The molecule has 1 saturated heterocycles. The first-order valence-electron chi connectivity index (χ1n) is 6.45. The number of hydrogen-bond acceptors (Lipinski definition) is 2. The van der Waals surface area contributed by atoms with E-state index in [9.17, 15) is 0 Å². The Morgan fingerprint density at radius 2 is 2.24 bits per heavy atom. The van der Waals surface area contributed by atoms with Crippen molar-refractivity contribution in [3.63, 3.8) is 0 Å². The maximum atomic E-state index is 3.53. The van der Waals surface area contributed by atoms with E-state index in [-0.39, 0.29) is 0 Å². The van der Waals surface area contributed by atoms with Crippen LogP contribution in [0.2, 0.25) is 0 Å². The summed E-state index contributed by atoms with van der Waals surface area (Å²) < 4.78 is 1.42. The molecule has 3 rings (SSSR count). The first kappa shape index (κ1) is 11.2. The van der Waals surface area contributed by atoms with Crippen molar-refractivity contribution in [1.29, 1.82) is 0 Å². The second-order valence-corrected chi connectivity index (χ2v) is 6.16. The van der Waals surface area contributed by atoms with E-state index in [1.807, 2.05) is 11.3 Å². The standard InChI is InChI=1S/C15H19NS/c1-10-9-17-15-4-3-12(8-14(10)15)13-5-6-16-11(2)7-13/h3-4,8-9,11,13,16H,5-7H2,1-2H3/t11-,13+/m0/s1. The molecule has 0 spiro atoms. The molecule has 1 aliphatic heterocycles. The van der Waals surface area contributed by atoms with Gasteiger partial charge in [0.1, 0.15) is 0 Å². The Kier molecular flexibility index (Phi) is 2.93. The average Bonchev–Trinajstić information content (AvgIpc) is 2.71. The number of benzene rings is 1. The monoisotopic (exact) mass is 245 g/mol. The van der Waals surface area contributed by atoms with Crippen LogP contribution in [-0.4, -0.2) is 12.6 Å². The molecule has 1 nitrogen and oxygen atoms in total. The molecule has 0 unspecified atom stereocenters. The van der Waals surface area contributed by atoms with Crippen LogP contribution in [0.1, 0.15) is 36.8 Å². The Morgan fingerprint density at radius 1 is 1.35 bits per heavy atom. The van der Waals surface area contributed by atoms with Gasteiger partial charge in [-0.2, -0.15) is 0 Å². The molecule has 0 bridgehead atoms. The van der Waals surface area contributed by atoms with E-state index in [1.54, 1.807) is 0 Å². The molecule has 17 heavy (non-hydrogen) atoms. The fraction of sp³-hybridized carbons (Fsp3) is 0.467. The van der Waals surface area contributed by atoms with E-state index in [2.05, 4.69) is 42.7 Å². The molecule has 1 fully saturated rings. The van der Waals surface area contributed by atoms with Gasteiger partial charge in [0.25, 0.3) is 0 Å². The van der Waals surface area contributed by atoms with Crippen molar-refractivity contribution >= 4 is 21.4 Å². The highest BCUT2D eigenvalue weighted by atomic mass is 32.1. The van der Waals surface area contributed by atoms with E-state index in [0.717, 1.165) is 12.5 Å². The van der Waals surface area contributed by atoms with Crippen LogP contribution in [0.25, 0.3) is 10.1 Å². The molecule has 2 atom stereocenters. The molecule has 0 saturated carbocycles. The van der Waals surface area contributed by atoms with Crippen LogP contribution in [0.4, 0.5) is 0 Å². The zero-order chi connectivity index (χ0) is 11.8. The van der Waals surface area contributed by atoms with Crippen LogP contribution < -0.4 is 5.32 Å². The van der Waals surface area contributed by atoms with Crippen molar-refractivity contribution in [3.05, 3.63) is 34.7 Å². The Balaban J connectivity index is 1.96. The minimum Gasteiger partial charge on any atom is -0.314 e. The number of fused-ring (bicyclic) bond motifs is 1. The lowest BCUT2D eigenvalue weighted by Crippen LogP contribution is -2.34. The fourth-order valence-electron chi connectivity index (χ4n) is 2.86. The van der Waals surface area contributed by atoms with Crippen LogP contribution in [0.5, 0.6) is 0 Å². The van der Waals surface area contributed by atoms with Crippen molar-refractivity contribution in [2.24, 2.45) is 0 Å². The van der Waals surface area contributed by atoms with Crippen LogP contribution >= 0.6 is 11.3 Å². The lowest BCUT2D eigenvalue weighted by Gasteiger charge is -2.28. The van der Waals surface area contributed by atoms with Crippen molar-refractivity contribution in [2.75, 3.05) is 6.54 Å². The topological polar surface area (TPSA) is 12.0 Å². The van der Waals surface area contributed by atoms with Crippen LogP contribution in [0, 0.1) is 6.92 Å². The summed E-state index contributed by atoms with van der Waals surface area (Å²) in [6, 6.07) is 7.72. The highest BCUT2D eigenvalue weighted by Crippen LogP contribution is 2.32. The largest absolute Gasteiger partial charge is 0.314 e. The second kappa shape index (κ2) is 4.43. The maximum absolute atomic E-state index is 3.53. The van der Waals surface area contributed by atoms with Gasteiger partial charge in [0.2, 0.25) is 0 Å². The molecule has 2 heteroatoms. The quantitative estimate of drug-likeness (QED) is 0.798. The van der Waals surface area contributed by atoms with Crippen molar-refractivity contribution in [1.82, 2.24) is 5.32 Å². The zero-order valence-corrected chi connectivity index (χ0v) is 11.3. The SMILES string of the molecule is Cc1csc2ccc([C@@H]3CCN[C@@H](C)C3)cc12. The maximum Gasteiger partial charge on any atom is 0.0345 e. The van der Waals surface area contributed by atoms with E-state index in [1.165, 1.54) is 34.1 Å². The van der Waals surface area contributed by atoms with Gasteiger partial charge in [0, 0.05) is 10.7 Å². The Bertz CT molecular complexity index is 529. The van der Waals surface area contributed by atoms with E-state index in [0.29, 0.717) is 6.04 Å². The van der Waals surface area contributed by atoms with Crippen LogP contribution in [-0.2, 0) is 0 Å². The molecule has 90 valence electrons. The molecule has 0 amide bonds. The molecule has 1 aromatic carbocycles. The van der Waals surface area contributed by atoms with E-state index < -0.39 is 0 Å². The summed E-state index contributed by atoms with van der Waals surface area (Å²) in [4.78, 5) is 0. The van der Waals surface area contributed by atoms with Gasteiger partial charge in [-0.1, -0.05) is 6.07 Å². The van der Waals surface area contributed by atoms with Crippen molar-refractivity contribution in [3.8, 4) is 0 Å². The number of nitrogens with one attached hydrogen (secondary N) is 1. The summed E-state index contributed by atoms with van der Waals surface area (Å²) in [6.07, 6.45) is 2.55. The predicted octanol–water partition coefficient (Wildman–Crippen LogP) is 4.07. The molecule has 1 aromatic heterocycles. The second-order valence-electron chi connectivity index (χ2n) is 5.25. The number of thiophene rings is 1. The Morgan fingerprint density at radius 3 is 3.06 bits per heavy atom. The van der Waals surface area contributed by atoms with E-state index in [4.69, 9.17) is 0 Å².